The second-order valence-corrected chi connectivity index (χ2v) is 13.2. The molecule has 2 aliphatic heterocycles. The molecule has 2 aliphatic rings. The van der Waals surface area contributed by atoms with E-state index in [9.17, 15) is 4.79 Å². The van der Waals surface area contributed by atoms with Crippen molar-refractivity contribution in [3.63, 3.8) is 0 Å². The van der Waals surface area contributed by atoms with E-state index in [1.807, 2.05) is 18.2 Å². The fourth-order valence-electron chi connectivity index (χ4n) is 6.19. The Kier molecular flexibility index (Phi) is 23.0. The lowest BCUT2D eigenvalue weighted by Gasteiger charge is -2.22. The lowest BCUT2D eigenvalue weighted by molar-refractivity contribution is -0.163. The van der Waals surface area contributed by atoms with Gasteiger partial charge in [0, 0.05) is 32.0 Å². The van der Waals surface area contributed by atoms with Gasteiger partial charge in [-0.25, -0.2) is 0 Å². The first kappa shape index (κ1) is 38.8. The number of hydrogen-bond acceptors (Lipinski definition) is 7. The van der Waals surface area contributed by atoms with Crippen molar-refractivity contribution in [1.82, 2.24) is 0 Å². The quantitative estimate of drug-likeness (QED) is 0.0633. The molecule has 1 aromatic rings. The summed E-state index contributed by atoms with van der Waals surface area (Å²) in [5, 5.41) is 0. The van der Waals surface area contributed by atoms with E-state index >= 15 is 0 Å². The van der Waals surface area contributed by atoms with Crippen LogP contribution in [0.1, 0.15) is 164 Å². The third kappa shape index (κ3) is 19.2. The van der Waals surface area contributed by atoms with Gasteiger partial charge in [-0.1, -0.05) is 89.9 Å². The van der Waals surface area contributed by atoms with E-state index in [1.54, 1.807) is 0 Å². The molecule has 0 aliphatic carbocycles. The maximum atomic E-state index is 11.3. The highest BCUT2D eigenvalue weighted by Crippen LogP contribution is 2.29. The van der Waals surface area contributed by atoms with Crippen molar-refractivity contribution in [2.75, 3.05) is 39.6 Å². The van der Waals surface area contributed by atoms with Gasteiger partial charge in [-0.15, -0.1) is 0 Å². The van der Waals surface area contributed by atoms with Gasteiger partial charge in [-0.2, -0.15) is 0 Å². The molecule has 0 N–H and O–H groups in total. The molecular formula is C39H66O7. The van der Waals surface area contributed by atoms with E-state index in [0.29, 0.717) is 24.5 Å². The molecule has 2 saturated heterocycles. The monoisotopic (exact) mass is 646 g/mol. The summed E-state index contributed by atoms with van der Waals surface area (Å²) in [7, 11) is 0. The topological polar surface area (TPSA) is 72.5 Å². The molecule has 46 heavy (non-hydrogen) atoms. The molecule has 0 bridgehead atoms. The van der Waals surface area contributed by atoms with Crippen LogP contribution in [0.5, 0.6) is 11.5 Å². The summed E-state index contributed by atoms with van der Waals surface area (Å²) in [4.78, 5) is 11.3. The summed E-state index contributed by atoms with van der Waals surface area (Å²) in [5.74, 6) is 1.45. The van der Waals surface area contributed by atoms with E-state index in [2.05, 4.69) is 0 Å². The van der Waals surface area contributed by atoms with Crippen molar-refractivity contribution in [3.8, 4) is 11.5 Å². The second kappa shape index (κ2) is 27.3. The largest absolute Gasteiger partial charge is 0.490 e. The van der Waals surface area contributed by atoms with E-state index in [1.165, 1.54) is 116 Å². The van der Waals surface area contributed by atoms with Crippen LogP contribution in [0, 0.1) is 0 Å². The standard InChI is InChI=1S/C39H66O7/c40-34-35-25-26-36(41-27-17-11-7-3-1-5-9-13-19-29-43-38-23-15-21-31-45-38)37(33-35)42-28-18-12-8-4-2-6-10-14-20-30-44-39-24-16-22-32-46-39/h25-26,33-34,38-39H,1-24,27-32H2. The molecule has 1 aromatic carbocycles. The third-order valence-corrected chi connectivity index (χ3v) is 9.08. The minimum atomic E-state index is 0.0510. The average molecular weight is 647 g/mol. The zero-order valence-corrected chi connectivity index (χ0v) is 29.0. The molecule has 7 heteroatoms. The number of carbonyl (C=O) groups is 1. The minimum Gasteiger partial charge on any atom is -0.490 e. The van der Waals surface area contributed by atoms with Crippen LogP contribution in [0.25, 0.3) is 0 Å². The molecule has 2 atom stereocenters. The lowest BCUT2D eigenvalue weighted by atomic mass is 10.1. The van der Waals surface area contributed by atoms with Gasteiger partial charge in [0.1, 0.15) is 6.29 Å². The predicted molar refractivity (Wildman–Crippen MR) is 185 cm³/mol. The number of benzene rings is 1. The Bertz CT molecular complexity index is 851. The molecule has 7 nitrogen and oxygen atoms in total. The van der Waals surface area contributed by atoms with Crippen LogP contribution in [-0.4, -0.2) is 58.5 Å². The van der Waals surface area contributed by atoms with Crippen molar-refractivity contribution in [1.29, 1.82) is 0 Å². The molecule has 264 valence electrons. The summed E-state index contributed by atoms with van der Waals surface area (Å²) < 4.78 is 35.0. The molecule has 0 spiro atoms. The molecule has 0 amide bonds. The highest BCUT2D eigenvalue weighted by atomic mass is 16.7. The molecule has 0 radical (unpaired) electrons. The fraction of sp³-hybridized carbons (Fsp3) is 0.821. The van der Waals surface area contributed by atoms with Crippen LogP contribution in [0.2, 0.25) is 0 Å². The maximum absolute atomic E-state index is 11.3. The molecule has 2 unspecified atom stereocenters. The Hall–Kier alpha value is -1.67. The Labute approximate surface area is 280 Å². The van der Waals surface area contributed by atoms with E-state index in [-0.39, 0.29) is 12.6 Å². The maximum Gasteiger partial charge on any atom is 0.161 e. The highest BCUT2D eigenvalue weighted by molar-refractivity contribution is 5.76. The number of aldehydes is 1. The number of ether oxygens (including phenoxy) is 6. The third-order valence-electron chi connectivity index (χ3n) is 9.08. The lowest BCUT2D eigenvalue weighted by Crippen LogP contribution is -2.22. The van der Waals surface area contributed by atoms with Gasteiger partial charge >= 0.3 is 0 Å². The Morgan fingerprint density at radius 1 is 0.522 bits per heavy atom. The van der Waals surface area contributed by atoms with Gasteiger partial charge in [-0.3, -0.25) is 4.79 Å². The Balaban J connectivity index is 1.10. The number of unbranched alkanes of at least 4 members (excludes halogenated alkanes) is 16. The number of rotatable bonds is 29. The van der Waals surface area contributed by atoms with Crippen molar-refractivity contribution >= 4 is 6.29 Å². The van der Waals surface area contributed by atoms with E-state index in [4.69, 9.17) is 28.4 Å². The summed E-state index contributed by atoms with van der Waals surface area (Å²) in [6, 6.07) is 5.50. The molecule has 0 saturated carbocycles. The first-order chi connectivity index (χ1) is 22.8. The first-order valence-electron chi connectivity index (χ1n) is 19.2. The normalized spacial score (nSPS) is 18.4. The van der Waals surface area contributed by atoms with Crippen LogP contribution in [-0.2, 0) is 18.9 Å². The van der Waals surface area contributed by atoms with Gasteiger partial charge in [0.05, 0.1) is 13.2 Å². The average Bonchev–Trinajstić information content (AvgIpc) is 3.10. The van der Waals surface area contributed by atoms with Crippen molar-refractivity contribution in [2.45, 2.75) is 167 Å². The van der Waals surface area contributed by atoms with Gasteiger partial charge in [0.25, 0.3) is 0 Å². The summed E-state index contributed by atoms with van der Waals surface area (Å²) in [5.41, 5.74) is 0.627. The van der Waals surface area contributed by atoms with E-state index in [0.717, 1.165) is 77.0 Å². The zero-order valence-electron chi connectivity index (χ0n) is 29.0. The van der Waals surface area contributed by atoms with Gasteiger partial charge in [-0.05, 0) is 82.4 Å². The predicted octanol–water partition coefficient (Wildman–Crippen LogP) is 10.4. The van der Waals surface area contributed by atoms with Crippen LogP contribution >= 0.6 is 0 Å². The van der Waals surface area contributed by atoms with Gasteiger partial charge < -0.3 is 28.4 Å². The van der Waals surface area contributed by atoms with Crippen LogP contribution < -0.4 is 9.47 Å². The van der Waals surface area contributed by atoms with Crippen molar-refractivity contribution in [3.05, 3.63) is 23.8 Å². The van der Waals surface area contributed by atoms with Crippen molar-refractivity contribution in [2.24, 2.45) is 0 Å². The Morgan fingerprint density at radius 3 is 1.35 bits per heavy atom. The summed E-state index contributed by atoms with van der Waals surface area (Å²) in [6.45, 7) is 4.73. The molecule has 3 rings (SSSR count). The number of hydrogen-bond donors (Lipinski definition) is 0. The van der Waals surface area contributed by atoms with Crippen LogP contribution in [0.15, 0.2) is 18.2 Å². The SMILES string of the molecule is O=Cc1ccc(OCCCCCCCCCCCOC2CCCCO2)c(OCCCCCCCCCCCOC2CCCCO2)c1. The molecule has 2 heterocycles. The number of carbonyl (C=O) groups excluding carboxylic acids is 1. The first-order valence-corrected chi connectivity index (χ1v) is 19.2. The molecular weight excluding hydrogens is 580 g/mol. The smallest absolute Gasteiger partial charge is 0.161 e. The van der Waals surface area contributed by atoms with Crippen LogP contribution in [0.3, 0.4) is 0 Å². The molecule has 2 fully saturated rings. The van der Waals surface area contributed by atoms with Gasteiger partial charge in [0.15, 0.2) is 24.1 Å². The Morgan fingerprint density at radius 2 is 0.935 bits per heavy atom. The van der Waals surface area contributed by atoms with Gasteiger partial charge in [0.2, 0.25) is 0 Å². The highest BCUT2D eigenvalue weighted by Gasteiger charge is 2.14. The zero-order chi connectivity index (χ0) is 32.2. The molecule has 0 aromatic heterocycles. The van der Waals surface area contributed by atoms with E-state index < -0.39 is 0 Å². The summed E-state index contributed by atoms with van der Waals surface area (Å²) in [6.07, 6.45) is 30.0. The minimum absolute atomic E-state index is 0.0510. The fourth-order valence-corrected chi connectivity index (χ4v) is 6.19. The summed E-state index contributed by atoms with van der Waals surface area (Å²) >= 11 is 0. The van der Waals surface area contributed by atoms with Crippen molar-refractivity contribution < 1.29 is 33.2 Å². The second-order valence-electron chi connectivity index (χ2n) is 13.2. The van der Waals surface area contributed by atoms with Crippen LogP contribution in [0.4, 0.5) is 0 Å².